The van der Waals surface area contributed by atoms with Crippen molar-refractivity contribution in [3.05, 3.63) is 76.8 Å². The summed E-state index contributed by atoms with van der Waals surface area (Å²) < 4.78 is 27.5. The second kappa shape index (κ2) is 8.44. The molecule has 1 amide bonds. The Balaban J connectivity index is 1.42. The molecule has 0 spiro atoms. The Morgan fingerprint density at radius 3 is 2.39 bits per heavy atom. The summed E-state index contributed by atoms with van der Waals surface area (Å²) in [7, 11) is -3.65. The molecule has 1 fully saturated rings. The van der Waals surface area contributed by atoms with Crippen LogP contribution in [0.4, 0.5) is 11.4 Å². The molecule has 0 aliphatic carbocycles. The Kier molecular flexibility index (Phi) is 5.71. The number of rotatable bonds is 5. The number of amides is 1. The third-order valence-electron chi connectivity index (χ3n) is 5.51. The minimum atomic E-state index is -3.65. The maximum atomic E-state index is 13.1. The molecule has 0 radical (unpaired) electrons. The van der Waals surface area contributed by atoms with Gasteiger partial charge in [0.25, 0.3) is 5.69 Å². The number of fused-ring (bicyclic) bond motifs is 1. The van der Waals surface area contributed by atoms with Crippen molar-refractivity contribution in [2.75, 3.05) is 18.4 Å². The molecule has 0 bridgehead atoms. The Morgan fingerprint density at radius 1 is 0.968 bits per heavy atom. The van der Waals surface area contributed by atoms with Crippen LogP contribution in [-0.4, -0.2) is 36.6 Å². The molecule has 160 valence electrons. The molecule has 1 saturated heterocycles. The highest BCUT2D eigenvalue weighted by molar-refractivity contribution is 7.89. The molecule has 3 aromatic rings. The van der Waals surface area contributed by atoms with Crippen LogP contribution >= 0.6 is 0 Å². The fraction of sp³-hybridized carbons (Fsp3) is 0.227. The molecule has 0 aromatic heterocycles. The van der Waals surface area contributed by atoms with Crippen molar-refractivity contribution in [1.82, 2.24) is 4.31 Å². The number of nitro benzene ring substituents is 1. The van der Waals surface area contributed by atoms with Crippen LogP contribution in [0.5, 0.6) is 0 Å². The molecule has 1 aliphatic rings. The van der Waals surface area contributed by atoms with Crippen LogP contribution in [0, 0.1) is 16.0 Å². The quantitative estimate of drug-likeness (QED) is 0.480. The van der Waals surface area contributed by atoms with E-state index in [1.807, 2.05) is 24.3 Å². The van der Waals surface area contributed by atoms with Crippen LogP contribution in [0.25, 0.3) is 10.8 Å². The van der Waals surface area contributed by atoms with E-state index < -0.39 is 14.9 Å². The molecule has 31 heavy (non-hydrogen) atoms. The molecule has 3 aromatic carbocycles. The summed E-state index contributed by atoms with van der Waals surface area (Å²) in [5, 5.41) is 15.4. The lowest BCUT2D eigenvalue weighted by Crippen LogP contribution is -2.41. The predicted molar refractivity (Wildman–Crippen MR) is 117 cm³/mol. The van der Waals surface area contributed by atoms with E-state index in [-0.39, 0.29) is 35.5 Å². The normalized spacial score (nSPS) is 15.6. The molecule has 4 rings (SSSR count). The van der Waals surface area contributed by atoms with Gasteiger partial charge in [-0.05, 0) is 41.8 Å². The molecule has 0 atom stereocenters. The first-order valence-electron chi connectivity index (χ1n) is 9.89. The van der Waals surface area contributed by atoms with Crippen molar-refractivity contribution in [2.45, 2.75) is 17.7 Å². The van der Waals surface area contributed by atoms with E-state index in [9.17, 15) is 23.3 Å². The van der Waals surface area contributed by atoms with Crippen LogP contribution in [-0.2, 0) is 14.8 Å². The first-order chi connectivity index (χ1) is 14.8. The highest BCUT2D eigenvalue weighted by atomic mass is 32.2. The largest absolute Gasteiger partial charge is 0.326 e. The van der Waals surface area contributed by atoms with Crippen molar-refractivity contribution in [2.24, 2.45) is 5.92 Å². The number of carbonyl (C=O) groups is 1. The van der Waals surface area contributed by atoms with Crippen LogP contribution < -0.4 is 5.32 Å². The number of anilines is 1. The Bertz CT molecular complexity index is 1250. The number of sulfonamides is 1. The zero-order chi connectivity index (χ0) is 22.0. The number of non-ortho nitro benzene ring substituents is 1. The van der Waals surface area contributed by atoms with Crippen molar-refractivity contribution in [3.8, 4) is 0 Å². The van der Waals surface area contributed by atoms with Gasteiger partial charge in [-0.25, -0.2) is 8.42 Å². The fourth-order valence-electron chi connectivity index (χ4n) is 3.78. The van der Waals surface area contributed by atoms with Gasteiger partial charge in [0, 0.05) is 36.8 Å². The Hall–Kier alpha value is -3.30. The molecular weight excluding hydrogens is 418 g/mol. The van der Waals surface area contributed by atoms with E-state index in [0.29, 0.717) is 18.5 Å². The van der Waals surface area contributed by atoms with Gasteiger partial charge in [-0.2, -0.15) is 4.31 Å². The van der Waals surface area contributed by atoms with Gasteiger partial charge in [0.2, 0.25) is 15.9 Å². The van der Waals surface area contributed by atoms with E-state index in [4.69, 9.17) is 0 Å². The van der Waals surface area contributed by atoms with E-state index in [2.05, 4.69) is 5.32 Å². The number of piperidine rings is 1. The van der Waals surface area contributed by atoms with Gasteiger partial charge in [-0.1, -0.05) is 36.4 Å². The lowest BCUT2D eigenvalue weighted by atomic mass is 9.97. The number of nitrogens with one attached hydrogen (secondary N) is 1. The topological polar surface area (TPSA) is 110 Å². The number of hydrogen-bond donors (Lipinski definition) is 1. The van der Waals surface area contributed by atoms with Crippen molar-refractivity contribution < 1.29 is 18.1 Å². The predicted octanol–water partition coefficient (Wildman–Crippen LogP) is 3.79. The van der Waals surface area contributed by atoms with Gasteiger partial charge >= 0.3 is 0 Å². The van der Waals surface area contributed by atoms with Gasteiger partial charge in [0.1, 0.15) is 0 Å². The fourth-order valence-corrected chi connectivity index (χ4v) is 5.28. The number of benzene rings is 3. The van der Waals surface area contributed by atoms with Crippen LogP contribution in [0.1, 0.15) is 12.8 Å². The van der Waals surface area contributed by atoms with Gasteiger partial charge < -0.3 is 5.32 Å². The van der Waals surface area contributed by atoms with Gasteiger partial charge in [-0.3, -0.25) is 14.9 Å². The summed E-state index contributed by atoms with van der Waals surface area (Å²) in [6.07, 6.45) is 0.765. The number of nitro groups is 1. The number of carbonyl (C=O) groups excluding carboxylic acids is 1. The second-order valence-electron chi connectivity index (χ2n) is 7.48. The average molecular weight is 439 g/mol. The SMILES string of the molecule is O=C(Nc1cccc([N+](=O)[O-])c1)C1CCN(S(=O)(=O)c2ccc3ccccc3c2)CC1. The summed E-state index contributed by atoms with van der Waals surface area (Å²) in [4.78, 5) is 23.2. The molecule has 1 heterocycles. The molecule has 0 saturated carbocycles. The Labute approximate surface area is 179 Å². The third-order valence-corrected chi connectivity index (χ3v) is 7.40. The second-order valence-corrected chi connectivity index (χ2v) is 9.42. The Morgan fingerprint density at radius 2 is 1.68 bits per heavy atom. The van der Waals surface area contributed by atoms with Crippen LogP contribution in [0.3, 0.4) is 0 Å². The van der Waals surface area contributed by atoms with E-state index >= 15 is 0 Å². The average Bonchev–Trinajstić information content (AvgIpc) is 2.79. The monoisotopic (exact) mass is 439 g/mol. The third kappa shape index (κ3) is 4.42. The van der Waals surface area contributed by atoms with Gasteiger partial charge in [-0.15, -0.1) is 0 Å². The minimum Gasteiger partial charge on any atom is -0.326 e. The number of nitrogens with zero attached hydrogens (tertiary/aromatic N) is 2. The molecule has 8 nitrogen and oxygen atoms in total. The standard InChI is InChI=1S/C22H21N3O5S/c26-22(23-19-6-3-7-20(15-19)25(27)28)17-10-12-24(13-11-17)31(29,30)21-9-8-16-4-1-2-5-18(16)14-21/h1-9,14-15,17H,10-13H2,(H,23,26). The summed E-state index contributed by atoms with van der Waals surface area (Å²) in [5.74, 6) is -0.620. The van der Waals surface area contributed by atoms with E-state index in [1.54, 1.807) is 24.3 Å². The molecular formula is C22H21N3O5S. The van der Waals surface area contributed by atoms with E-state index in [1.165, 1.54) is 22.5 Å². The summed E-state index contributed by atoms with van der Waals surface area (Å²) in [6, 6.07) is 18.4. The molecule has 9 heteroatoms. The maximum absolute atomic E-state index is 13.1. The van der Waals surface area contributed by atoms with Crippen LogP contribution in [0.2, 0.25) is 0 Å². The maximum Gasteiger partial charge on any atom is 0.271 e. The minimum absolute atomic E-state index is 0.103. The van der Waals surface area contributed by atoms with Crippen molar-refractivity contribution in [1.29, 1.82) is 0 Å². The summed E-state index contributed by atoms with van der Waals surface area (Å²) >= 11 is 0. The summed E-state index contributed by atoms with van der Waals surface area (Å²) in [5.41, 5.74) is 0.250. The zero-order valence-electron chi connectivity index (χ0n) is 16.6. The smallest absolute Gasteiger partial charge is 0.271 e. The highest BCUT2D eigenvalue weighted by Crippen LogP contribution is 2.27. The van der Waals surface area contributed by atoms with Crippen molar-refractivity contribution >= 4 is 38.1 Å². The van der Waals surface area contributed by atoms with Crippen molar-refractivity contribution in [3.63, 3.8) is 0 Å². The molecule has 1 N–H and O–H groups in total. The number of hydrogen-bond acceptors (Lipinski definition) is 5. The lowest BCUT2D eigenvalue weighted by molar-refractivity contribution is -0.384. The van der Waals surface area contributed by atoms with E-state index in [0.717, 1.165) is 10.8 Å². The van der Waals surface area contributed by atoms with Gasteiger partial charge in [0.15, 0.2) is 0 Å². The molecule has 0 unspecified atom stereocenters. The first kappa shape index (κ1) is 21.0. The first-order valence-corrected chi connectivity index (χ1v) is 11.3. The lowest BCUT2D eigenvalue weighted by Gasteiger charge is -2.30. The van der Waals surface area contributed by atoms with Gasteiger partial charge in [0.05, 0.1) is 9.82 Å². The highest BCUT2D eigenvalue weighted by Gasteiger charge is 2.32. The summed E-state index contributed by atoms with van der Waals surface area (Å²) in [6.45, 7) is 0.477. The molecule has 1 aliphatic heterocycles. The zero-order valence-corrected chi connectivity index (χ0v) is 17.4. The van der Waals surface area contributed by atoms with Crippen LogP contribution in [0.15, 0.2) is 71.6 Å².